The number of carbonyl (C=O) groups is 2. The highest BCUT2D eigenvalue weighted by atomic mass is 16.5. The number of hydrogen-bond acceptors (Lipinski definition) is 4. The van der Waals surface area contributed by atoms with Crippen LogP contribution in [0.15, 0.2) is 77.9 Å². The van der Waals surface area contributed by atoms with Gasteiger partial charge in [-0.25, -0.2) is 0 Å². The van der Waals surface area contributed by atoms with Crippen LogP contribution in [0.5, 0.6) is 5.75 Å². The second kappa shape index (κ2) is 7.61. The van der Waals surface area contributed by atoms with Gasteiger partial charge in [0.15, 0.2) is 0 Å². The summed E-state index contributed by atoms with van der Waals surface area (Å²) in [5.41, 5.74) is 2.00. The molecule has 0 saturated carbocycles. The first-order chi connectivity index (χ1) is 12.6. The second-order valence-corrected chi connectivity index (χ2v) is 5.67. The van der Waals surface area contributed by atoms with E-state index in [2.05, 4.69) is 11.7 Å². The van der Waals surface area contributed by atoms with Gasteiger partial charge in [-0.3, -0.25) is 9.59 Å². The van der Waals surface area contributed by atoms with E-state index in [1.165, 1.54) is 0 Å². The Balaban J connectivity index is 1.90. The molecule has 130 valence electrons. The maximum atomic E-state index is 12.7. The molecule has 0 unspecified atom stereocenters. The van der Waals surface area contributed by atoms with Gasteiger partial charge in [-0.2, -0.15) is 10.1 Å². The summed E-state index contributed by atoms with van der Waals surface area (Å²) in [7, 11) is 0. The van der Waals surface area contributed by atoms with E-state index in [1.807, 2.05) is 30.3 Å². The number of amides is 2. The fourth-order valence-electron chi connectivity index (χ4n) is 2.56. The van der Waals surface area contributed by atoms with Crippen LogP contribution in [0.1, 0.15) is 22.8 Å². The van der Waals surface area contributed by atoms with Crippen molar-refractivity contribution in [3.63, 3.8) is 0 Å². The number of rotatable bonds is 5. The molecule has 0 fully saturated rings. The first kappa shape index (κ1) is 17.4. The fraction of sp³-hybridized carbons (Fsp3) is 0.0952. The lowest BCUT2D eigenvalue weighted by Gasteiger charge is -2.10. The predicted molar refractivity (Wildman–Crippen MR) is 101 cm³/mol. The number of ether oxygens (including phenoxy) is 1. The Bertz CT molecular complexity index is 914. The topological polar surface area (TPSA) is 59.0 Å². The lowest BCUT2D eigenvalue weighted by atomic mass is 10.1. The summed E-state index contributed by atoms with van der Waals surface area (Å²) in [6.07, 6.45) is 3.34. The van der Waals surface area contributed by atoms with Crippen molar-refractivity contribution in [1.82, 2.24) is 5.01 Å². The second-order valence-electron chi connectivity index (χ2n) is 5.67. The van der Waals surface area contributed by atoms with E-state index in [0.29, 0.717) is 29.2 Å². The van der Waals surface area contributed by atoms with Crippen LogP contribution in [0.3, 0.4) is 0 Å². The minimum Gasteiger partial charge on any atom is -0.489 e. The molecule has 26 heavy (non-hydrogen) atoms. The minimum absolute atomic E-state index is 0.361. The number of para-hydroxylation sites is 1. The van der Waals surface area contributed by atoms with Crippen LogP contribution in [0.25, 0.3) is 6.08 Å². The fourth-order valence-corrected chi connectivity index (χ4v) is 2.56. The van der Waals surface area contributed by atoms with E-state index in [1.54, 1.807) is 43.3 Å². The molecule has 5 heteroatoms. The maximum absolute atomic E-state index is 12.7. The number of hydrazone groups is 1. The summed E-state index contributed by atoms with van der Waals surface area (Å²) >= 11 is 0. The molecule has 3 rings (SSSR count). The van der Waals surface area contributed by atoms with E-state index in [9.17, 15) is 9.59 Å². The molecule has 0 atom stereocenters. The molecule has 1 aliphatic heterocycles. The molecule has 0 spiro atoms. The van der Waals surface area contributed by atoms with Crippen molar-refractivity contribution < 1.29 is 14.3 Å². The Hall–Kier alpha value is -3.47. The van der Waals surface area contributed by atoms with Crippen LogP contribution in [0.4, 0.5) is 0 Å². The van der Waals surface area contributed by atoms with Crippen molar-refractivity contribution in [2.24, 2.45) is 5.10 Å². The van der Waals surface area contributed by atoms with Gasteiger partial charge in [-0.15, -0.1) is 0 Å². The molecule has 0 aromatic heterocycles. The summed E-state index contributed by atoms with van der Waals surface area (Å²) < 4.78 is 5.62. The smallest absolute Gasteiger partial charge is 0.283 e. The quantitative estimate of drug-likeness (QED) is 0.471. The lowest BCUT2D eigenvalue weighted by molar-refractivity contribution is -0.123. The maximum Gasteiger partial charge on any atom is 0.283 e. The number of carbonyl (C=O) groups excluding carboxylic acids is 2. The summed E-state index contributed by atoms with van der Waals surface area (Å²) in [6, 6.07) is 16.0. The summed E-state index contributed by atoms with van der Waals surface area (Å²) in [4.78, 5) is 25.3. The van der Waals surface area contributed by atoms with E-state index in [-0.39, 0.29) is 0 Å². The molecule has 0 saturated heterocycles. The van der Waals surface area contributed by atoms with E-state index < -0.39 is 11.8 Å². The first-order valence-corrected chi connectivity index (χ1v) is 8.15. The van der Waals surface area contributed by atoms with Crippen LogP contribution < -0.4 is 4.74 Å². The van der Waals surface area contributed by atoms with E-state index in [0.717, 1.165) is 10.6 Å². The Morgan fingerprint density at radius 3 is 2.58 bits per heavy atom. The van der Waals surface area contributed by atoms with Gasteiger partial charge >= 0.3 is 0 Å². The molecular formula is C21H18N2O3. The molecule has 0 N–H and O–H groups in total. The van der Waals surface area contributed by atoms with E-state index >= 15 is 0 Å². The standard InChI is InChI=1S/C21H18N2O3/c1-3-13-26-19-12-8-7-11-17(19)14-18-15(2)22-23(21(18)25)20(24)16-9-5-4-6-10-16/h3-12,14H,1,13H2,2H3/b18-14+. The van der Waals surface area contributed by atoms with E-state index in [4.69, 9.17) is 4.74 Å². The average Bonchev–Trinajstić information content (AvgIpc) is 2.95. The van der Waals surface area contributed by atoms with Gasteiger partial charge in [0, 0.05) is 11.1 Å². The molecule has 1 heterocycles. The summed E-state index contributed by atoms with van der Waals surface area (Å²) in [5.74, 6) is -0.266. The molecule has 2 aromatic rings. The van der Waals surface area contributed by atoms with Crippen LogP contribution in [-0.4, -0.2) is 29.1 Å². The lowest BCUT2D eigenvalue weighted by Crippen LogP contribution is -2.29. The Morgan fingerprint density at radius 2 is 1.85 bits per heavy atom. The van der Waals surface area contributed by atoms with Crippen molar-refractivity contribution in [2.75, 3.05) is 6.61 Å². The van der Waals surface area contributed by atoms with Crippen LogP contribution in [0.2, 0.25) is 0 Å². The van der Waals surface area contributed by atoms with Crippen LogP contribution >= 0.6 is 0 Å². The van der Waals surface area contributed by atoms with Gasteiger partial charge in [0.25, 0.3) is 11.8 Å². The van der Waals surface area contributed by atoms with Gasteiger partial charge < -0.3 is 4.74 Å². The zero-order valence-electron chi connectivity index (χ0n) is 14.4. The molecule has 5 nitrogen and oxygen atoms in total. The molecule has 2 aromatic carbocycles. The molecular weight excluding hydrogens is 328 g/mol. The third-order valence-corrected chi connectivity index (χ3v) is 3.85. The van der Waals surface area contributed by atoms with Gasteiger partial charge in [-0.1, -0.05) is 49.1 Å². The Kier molecular flexibility index (Phi) is 5.08. The SMILES string of the molecule is C=CCOc1ccccc1/C=C1/C(=O)N(C(=O)c2ccccc2)N=C1C. The number of hydrogen-bond donors (Lipinski definition) is 0. The monoisotopic (exact) mass is 346 g/mol. The van der Waals surface area contributed by atoms with Gasteiger partial charge in [0.1, 0.15) is 12.4 Å². The largest absolute Gasteiger partial charge is 0.489 e. The zero-order valence-corrected chi connectivity index (χ0v) is 14.4. The normalized spacial score (nSPS) is 15.1. The third kappa shape index (κ3) is 3.47. The molecule has 2 amide bonds. The highest BCUT2D eigenvalue weighted by Crippen LogP contribution is 2.25. The molecule has 0 aliphatic carbocycles. The van der Waals surface area contributed by atoms with Crippen molar-refractivity contribution >= 4 is 23.6 Å². The van der Waals surface area contributed by atoms with Gasteiger partial charge in [0.05, 0.1) is 11.3 Å². The Labute approximate surface area is 151 Å². The van der Waals surface area contributed by atoms with Crippen LogP contribution in [-0.2, 0) is 4.79 Å². The average molecular weight is 346 g/mol. The molecule has 1 aliphatic rings. The summed E-state index contributed by atoms with van der Waals surface area (Å²) in [5, 5.41) is 5.05. The number of nitrogens with zero attached hydrogens (tertiary/aromatic N) is 2. The van der Waals surface area contributed by atoms with Gasteiger partial charge in [-0.05, 0) is 31.2 Å². The molecule has 0 bridgehead atoms. The number of benzene rings is 2. The summed E-state index contributed by atoms with van der Waals surface area (Å²) in [6.45, 7) is 5.70. The third-order valence-electron chi connectivity index (χ3n) is 3.85. The van der Waals surface area contributed by atoms with Crippen molar-refractivity contribution in [1.29, 1.82) is 0 Å². The van der Waals surface area contributed by atoms with Gasteiger partial charge in [0.2, 0.25) is 0 Å². The van der Waals surface area contributed by atoms with Crippen molar-refractivity contribution in [2.45, 2.75) is 6.92 Å². The van der Waals surface area contributed by atoms with Crippen LogP contribution in [0, 0.1) is 0 Å². The predicted octanol–water partition coefficient (Wildman–Crippen LogP) is 3.69. The minimum atomic E-state index is -0.449. The number of imide groups is 1. The highest BCUT2D eigenvalue weighted by molar-refractivity contribution is 6.30. The zero-order chi connectivity index (χ0) is 18.5. The highest BCUT2D eigenvalue weighted by Gasteiger charge is 2.33. The van der Waals surface area contributed by atoms with Crippen molar-refractivity contribution in [3.8, 4) is 5.75 Å². The molecule has 0 radical (unpaired) electrons. The Morgan fingerprint density at radius 1 is 1.15 bits per heavy atom. The van der Waals surface area contributed by atoms with Crippen molar-refractivity contribution in [3.05, 3.63) is 84.0 Å². The first-order valence-electron chi connectivity index (χ1n) is 8.15.